The molecule has 2 saturated heterocycles. The standard InChI is InChI=1S/C28H35F2N5O3S/c1-19-16-21(18-25(31-19)35-14-10-28(29,30)11-15-35)32-26(36)23-5-2-20(33-39(37,38)22-3-4-22)17-24(23)34-12-8-27(6-7-27)9-13-34/h2,5,16,18,22H,3-4,6-15,17H2,1H3,(H,31,32,36). The number of hydrogen-bond acceptors (Lipinski definition) is 6. The number of piperidine rings is 2. The molecule has 0 bridgehead atoms. The summed E-state index contributed by atoms with van der Waals surface area (Å²) in [4.78, 5) is 22.2. The van der Waals surface area contributed by atoms with Gasteiger partial charge in [-0.2, -0.15) is 4.40 Å². The average Bonchev–Trinajstić information content (AvgIpc) is 3.80. The molecule has 0 unspecified atom stereocenters. The molecule has 3 heterocycles. The zero-order valence-corrected chi connectivity index (χ0v) is 23.1. The van der Waals surface area contributed by atoms with E-state index in [0.29, 0.717) is 53.2 Å². The molecule has 11 heteroatoms. The molecular weight excluding hydrogens is 524 g/mol. The van der Waals surface area contributed by atoms with Gasteiger partial charge in [0.25, 0.3) is 21.9 Å². The van der Waals surface area contributed by atoms with Crippen LogP contribution < -0.4 is 10.2 Å². The van der Waals surface area contributed by atoms with Crippen molar-refractivity contribution >= 4 is 33.1 Å². The normalized spacial score (nSPS) is 25.4. The van der Waals surface area contributed by atoms with Gasteiger partial charge in [0.15, 0.2) is 0 Å². The number of amides is 1. The molecule has 2 aliphatic heterocycles. The van der Waals surface area contributed by atoms with E-state index in [1.54, 1.807) is 24.3 Å². The molecule has 5 aliphatic rings. The van der Waals surface area contributed by atoms with E-state index in [4.69, 9.17) is 0 Å². The summed E-state index contributed by atoms with van der Waals surface area (Å²) < 4.78 is 56.5. The predicted molar refractivity (Wildman–Crippen MR) is 147 cm³/mol. The van der Waals surface area contributed by atoms with E-state index >= 15 is 0 Å². The number of halogens is 2. The lowest BCUT2D eigenvalue weighted by Crippen LogP contribution is -2.39. The highest BCUT2D eigenvalue weighted by Crippen LogP contribution is 2.54. The Morgan fingerprint density at radius 1 is 1.00 bits per heavy atom. The van der Waals surface area contributed by atoms with E-state index in [9.17, 15) is 22.0 Å². The molecule has 1 spiro atoms. The summed E-state index contributed by atoms with van der Waals surface area (Å²) in [7, 11) is -3.53. The highest BCUT2D eigenvalue weighted by Gasteiger charge is 2.45. The van der Waals surface area contributed by atoms with E-state index < -0.39 is 15.9 Å². The van der Waals surface area contributed by atoms with Gasteiger partial charge >= 0.3 is 0 Å². The molecule has 210 valence electrons. The molecular formula is C28H35F2N5O3S. The smallest absolute Gasteiger partial charge is 0.257 e. The third-order valence-electron chi connectivity index (χ3n) is 8.72. The molecule has 0 radical (unpaired) electrons. The van der Waals surface area contributed by atoms with Crippen LogP contribution in [-0.4, -0.2) is 67.3 Å². The maximum absolute atomic E-state index is 13.7. The minimum atomic E-state index is -3.53. The number of alkyl halides is 2. The van der Waals surface area contributed by atoms with Crippen molar-refractivity contribution in [2.45, 2.75) is 75.9 Å². The number of carbonyl (C=O) groups is 1. The Balaban J connectivity index is 1.24. The van der Waals surface area contributed by atoms with Crippen LogP contribution in [0.3, 0.4) is 0 Å². The first kappa shape index (κ1) is 26.4. The number of carbonyl (C=O) groups excluding carboxylic acids is 1. The average molecular weight is 560 g/mol. The summed E-state index contributed by atoms with van der Waals surface area (Å²) in [6.07, 6.45) is 9.15. The summed E-state index contributed by atoms with van der Waals surface area (Å²) in [6.45, 7) is 3.89. The second-order valence-corrected chi connectivity index (χ2v) is 13.7. The third-order valence-corrected chi connectivity index (χ3v) is 10.5. The Labute approximate surface area is 228 Å². The first-order valence-electron chi connectivity index (χ1n) is 13.9. The van der Waals surface area contributed by atoms with E-state index in [0.717, 1.165) is 31.6 Å². The van der Waals surface area contributed by atoms with Crippen LogP contribution in [0.15, 0.2) is 40.0 Å². The van der Waals surface area contributed by atoms with E-state index in [1.165, 1.54) is 12.8 Å². The van der Waals surface area contributed by atoms with Crippen LogP contribution in [0, 0.1) is 12.3 Å². The number of nitrogens with zero attached hydrogens (tertiary/aromatic N) is 4. The fraction of sp³-hybridized carbons (Fsp3) is 0.607. The van der Waals surface area contributed by atoms with E-state index in [2.05, 4.69) is 19.6 Å². The maximum atomic E-state index is 13.7. The van der Waals surface area contributed by atoms with E-state index in [-0.39, 0.29) is 37.1 Å². The Morgan fingerprint density at radius 2 is 1.67 bits per heavy atom. The molecule has 6 rings (SSSR count). The van der Waals surface area contributed by atoms with Gasteiger partial charge in [-0.05, 0) is 69.1 Å². The summed E-state index contributed by atoms with van der Waals surface area (Å²) in [6, 6.07) is 3.49. The highest BCUT2D eigenvalue weighted by atomic mass is 32.2. The van der Waals surface area contributed by atoms with Gasteiger partial charge in [-0.1, -0.05) is 0 Å². The molecule has 2 saturated carbocycles. The number of anilines is 2. The van der Waals surface area contributed by atoms with Gasteiger partial charge in [-0.3, -0.25) is 4.79 Å². The molecule has 1 aromatic heterocycles. The van der Waals surface area contributed by atoms with Crippen molar-refractivity contribution in [1.29, 1.82) is 0 Å². The molecule has 1 N–H and O–H groups in total. The lowest BCUT2D eigenvalue weighted by atomic mass is 9.91. The van der Waals surface area contributed by atoms with E-state index in [1.807, 2.05) is 11.8 Å². The Morgan fingerprint density at radius 3 is 2.31 bits per heavy atom. The molecule has 1 aromatic rings. The van der Waals surface area contributed by atoms with Crippen molar-refractivity contribution in [2.75, 3.05) is 36.4 Å². The Hall–Kier alpha value is -2.82. The zero-order valence-electron chi connectivity index (χ0n) is 22.3. The minimum absolute atomic E-state index is 0.206. The summed E-state index contributed by atoms with van der Waals surface area (Å²) >= 11 is 0. The van der Waals surface area contributed by atoms with Gasteiger partial charge in [0, 0.05) is 68.6 Å². The number of likely N-dealkylation sites (tertiary alicyclic amines) is 1. The van der Waals surface area contributed by atoms with Crippen molar-refractivity contribution in [3.05, 3.63) is 41.2 Å². The fourth-order valence-corrected chi connectivity index (χ4v) is 7.16. The topological polar surface area (TPSA) is 95.0 Å². The van der Waals surface area contributed by atoms with Crippen LogP contribution in [0.1, 0.15) is 63.5 Å². The largest absolute Gasteiger partial charge is 0.374 e. The summed E-state index contributed by atoms with van der Waals surface area (Å²) in [5.41, 5.74) is 3.45. The number of aryl methyl sites for hydroxylation is 1. The van der Waals surface area contributed by atoms with Crippen molar-refractivity contribution < 1.29 is 22.0 Å². The maximum Gasteiger partial charge on any atom is 0.257 e. The first-order chi connectivity index (χ1) is 18.5. The second-order valence-electron chi connectivity index (χ2n) is 11.8. The van der Waals surface area contributed by atoms with Crippen molar-refractivity contribution in [3.63, 3.8) is 0 Å². The zero-order chi connectivity index (χ0) is 27.4. The van der Waals surface area contributed by atoms with Crippen LogP contribution in [0.25, 0.3) is 0 Å². The molecule has 0 aromatic carbocycles. The fourth-order valence-electron chi connectivity index (χ4n) is 5.83. The van der Waals surface area contributed by atoms with Crippen molar-refractivity contribution in [1.82, 2.24) is 9.88 Å². The lowest BCUT2D eigenvalue weighted by Gasteiger charge is -2.37. The van der Waals surface area contributed by atoms with Crippen LogP contribution in [0.2, 0.25) is 0 Å². The quantitative estimate of drug-likeness (QED) is 0.548. The first-order valence-corrected chi connectivity index (χ1v) is 15.4. The minimum Gasteiger partial charge on any atom is -0.374 e. The van der Waals surface area contributed by atoms with Gasteiger partial charge in [0.1, 0.15) is 5.82 Å². The van der Waals surface area contributed by atoms with Crippen LogP contribution in [0.4, 0.5) is 20.3 Å². The highest BCUT2D eigenvalue weighted by molar-refractivity contribution is 7.91. The van der Waals surface area contributed by atoms with Crippen LogP contribution >= 0.6 is 0 Å². The van der Waals surface area contributed by atoms with Crippen LogP contribution in [0.5, 0.6) is 0 Å². The Kier molecular flexibility index (Phi) is 6.55. The summed E-state index contributed by atoms with van der Waals surface area (Å²) in [5, 5.41) is 2.61. The Bertz CT molecular complexity index is 1360. The molecule has 4 fully saturated rings. The van der Waals surface area contributed by atoms with Gasteiger partial charge in [0.2, 0.25) is 0 Å². The van der Waals surface area contributed by atoms with Crippen LogP contribution in [-0.2, 0) is 14.8 Å². The van der Waals surface area contributed by atoms with Gasteiger partial charge in [-0.25, -0.2) is 22.2 Å². The van der Waals surface area contributed by atoms with Crippen molar-refractivity contribution in [2.24, 2.45) is 9.81 Å². The van der Waals surface area contributed by atoms with Gasteiger partial charge in [-0.15, -0.1) is 0 Å². The molecule has 39 heavy (non-hydrogen) atoms. The molecule has 0 atom stereocenters. The number of nitrogens with one attached hydrogen (secondary N) is 1. The number of allylic oxidation sites excluding steroid dienone is 2. The third kappa shape index (κ3) is 5.88. The molecule has 8 nitrogen and oxygen atoms in total. The number of hydrogen-bond donors (Lipinski definition) is 1. The lowest BCUT2D eigenvalue weighted by molar-refractivity contribution is -0.112. The predicted octanol–water partition coefficient (Wildman–Crippen LogP) is 4.59. The van der Waals surface area contributed by atoms with Crippen molar-refractivity contribution in [3.8, 4) is 0 Å². The monoisotopic (exact) mass is 559 g/mol. The second kappa shape index (κ2) is 9.67. The SMILES string of the molecule is Cc1cc(NC(=O)C2=C(N3CCC4(CC3)CC4)CC(=NS(=O)(=O)C3CC3)C=C2)cc(N2CCC(F)(F)CC2)n1. The molecule has 3 aliphatic carbocycles. The number of rotatable bonds is 6. The van der Waals surface area contributed by atoms with Gasteiger partial charge < -0.3 is 15.1 Å². The number of sulfonamides is 1. The number of aromatic nitrogens is 1. The van der Waals surface area contributed by atoms with Gasteiger partial charge in [0.05, 0.1) is 16.5 Å². The summed E-state index contributed by atoms with van der Waals surface area (Å²) in [5.74, 6) is -2.38. The number of pyridine rings is 1. The molecule has 1 amide bonds.